The van der Waals surface area contributed by atoms with Crippen LogP contribution in [-0.2, 0) is 9.63 Å². The first-order chi connectivity index (χ1) is 11.1. The molecule has 7 heteroatoms. The molecular weight excluding hydrogens is 298 g/mol. The second kappa shape index (κ2) is 8.26. The van der Waals surface area contributed by atoms with E-state index in [4.69, 9.17) is 4.84 Å². The zero-order valence-electron chi connectivity index (χ0n) is 13.1. The number of rotatable bonds is 6. The molecular formula is C16H21N3O4. The Kier molecular flexibility index (Phi) is 6.08. The predicted molar refractivity (Wildman–Crippen MR) is 86.2 cm³/mol. The van der Waals surface area contributed by atoms with Crippen molar-refractivity contribution in [3.05, 3.63) is 39.9 Å². The molecule has 0 bridgehead atoms. The zero-order chi connectivity index (χ0) is 16.7. The largest absolute Gasteiger partial charge is 0.386 e. The third kappa shape index (κ3) is 5.05. The van der Waals surface area contributed by atoms with Crippen LogP contribution in [0.1, 0.15) is 38.2 Å². The summed E-state index contributed by atoms with van der Waals surface area (Å²) in [7, 11) is 0. The van der Waals surface area contributed by atoms with E-state index >= 15 is 0 Å². The van der Waals surface area contributed by atoms with Crippen LogP contribution >= 0.6 is 0 Å². The van der Waals surface area contributed by atoms with Crippen LogP contribution < -0.4 is 5.32 Å². The average Bonchev–Trinajstić information content (AvgIpc) is 2.54. The van der Waals surface area contributed by atoms with Gasteiger partial charge in [-0.15, -0.1) is 0 Å². The fourth-order valence-electron chi connectivity index (χ4n) is 2.73. The molecule has 0 heterocycles. The summed E-state index contributed by atoms with van der Waals surface area (Å²) in [5.74, 6) is 0.256. The highest BCUT2D eigenvalue weighted by Gasteiger charge is 2.22. The topological polar surface area (TPSA) is 93.8 Å². The first-order valence-electron chi connectivity index (χ1n) is 7.76. The van der Waals surface area contributed by atoms with Gasteiger partial charge >= 0.3 is 0 Å². The standard InChI is InChI=1S/C16H21N3O4/c1-12-6-2-4-8-14(12)18-16(20)11-23-17-10-13-7-3-5-9-15(13)19(21)22/h3,5,7,9-10,12,14H,2,4,6,8,11H2,1H3,(H,18,20)/b17-10+. The number of benzene rings is 1. The summed E-state index contributed by atoms with van der Waals surface area (Å²) >= 11 is 0. The van der Waals surface area contributed by atoms with E-state index in [0.717, 1.165) is 19.3 Å². The first kappa shape index (κ1) is 16.9. The Bertz CT molecular complexity index is 588. The van der Waals surface area contributed by atoms with Crippen LogP contribution in [-0.4, -0.2) is 29.7 Å². The molecule has 0 spiro atoms. The highest BCUT2D eigenvalue weighted by molar-refractivity contribution is 5.85. The van der Waals surface area contributed by atoms with Gasteiger partial charge in [-0.1, -0.05) is 37.1 Å². The molecule has 124 valence electrons. The third-order valence-corrected chi connectivity index (χ3v) is 4.05. The van der Waals surface area contributed by atoms with Gasteiger partial charge in [-0.05, 0) is 24.8 Å². The number of hydrogen-bond acceptors (Lipinski definition) is 5. The van der Waals surface area contributed by atoms with Crippen molar-refractivity contribution >= 4 is 17.8 Å². The molecule has 1 N–H and O–H groups in total. The molecule has 1 aliphatic rings. The molecule has 23 heavy (non-hydrogen) atoms. The number of nitrogens with one attached hydrogen (secondary N) is 1. The Labute approximate surface area is 134 Å². The smallest absolute Gasteiger partial charge is 0.278 e. The number of para-hydroxylation sites is 1. The summed E-state index contributed by atoms with van der Waals surface area (Å²) < 4.78 is 0. The van der Waals surface area contributed by atoms with E-state index in [2.05, 4.69) is 17.4 Å². The molecule has 1 fully saturated rings. The van der Waals surface area contributed by atoms with E-state index in [1.165, 1.54) is 18.7 Å². The van der Waals surface area contributed by atoms with E-state index < -0.39 is 4.92 Å². The Hall–Kier alpha value is -2.44. The molecule has 1 saturated carbocycles. The van der Waals surface area contributed by atoms with Crippen LogP contribution in [0, 0.1) is 16.0 Å². The molecule has 1 aromatic carbocycles. The van der Waals surface area contributed by atoms with Gasteiger partial charge in [-0.2, -0.15) is 0 Å². The molecule has 0 saturated heterocycles. The molecule has 2 atom stereocenters. The highest BCUT2D eigenvalue weighted by atomic mass is 16.6. The fraction of sp³-hybridized carbons (Fsp3) is 0.500. The first-order valence-corrected chi connectivity index (χ1v) is 7.76. The van der Waals surface area contributed by atoms with Gasteiger partial charge in [0.25, 0.3) is 11.6 Å². The Morgan fingerprint density at radius 3 is 2.91 bits per heavy atom. The zero-order valence-corrected chi connectivity index (χ0v) is 13.1. The summed E-state index contributed by atoms with van der Waals surface area (Å²) in [4.78, 5) is 27.1. The van der Waals surface area contributed by atoms with Crippen molar-refractivity contribution in [3.63, 3.8) is 0 Å². The van der Waals surface area contributed by atoms with Crippen molar-refractivity contribution in [2.75, 3.05) is 6.61 Å². The van der Waals surface area contributed by atoms with Gasteiger partial charge in [0.05, 0.1) is 16.7 Å². The molecule has 2 rings (SSSR count). The maximum atomic E-state index is 11.8. The van der Waals surface area contributed by atoms with Crippen molar-refractivity contribution in [3.8, 4) is 0 Å². The summed E-state index contributed by atoms with van der Waals surface area (Å²) in [6.07, 6.45) is 5.71. The normalized spacial score (nSPS) is 21.1. The lowest BCUT2D eigenvalue weighted by molar-refractivity contribution is -0.385. The van der Waals surface area contributed by atoms with Gasteiger partial charge in [0, 0.05) is 12.1 Å². The number of carbonyl (C=O) groups is 1. The summed E-state index contributed by atoms with van der Waals surface area (Å²) in [6.45, 7) is 1.94. The van der Waals surface area contributed by atoms with Crippen LogP contribution in [0.15, 0.2) is 29.4 Å². The van der Waals surface area contributed by atoms with Crippen molar-refractivity contribution in [1.29, 1.82) is 0 Å². The molecule has 1 amide bonds. The molecule has 0 radical (unpaired) electrons. The molecule has 7 nitrogen and oxygen atoms in total. The van der Waals surface area contributed by atoms with Crippen LogP contribution in [0.4, 0.5) is 5.69 Å². The number of nitrogens with zero attached hydrogens (tertiary/aromatic N) is 2. The van der Waals surface area contributed by atoms with Crippen LogP contribution in [0.25, 0.3) is 0 Å². The molecule has 0 aromatic heterocycles. The van der Waals surface area contributed by atoms with Gasteiger partial charge in [0.1, 0.15) is 0 Å². The number of nitro groups is 1. The van der Waals surface area contributed by atoms with Gasteiger partial charge in [0.2, 0.25) is 0 Å². The SMILES string of the molecule is CC1CCCCC1NC(=O)CO/N=C/c1ccccc1[N+](=O)[O-]. The van der Waals surface area contributed by atoms with Crippen molar-refractivity contribution in [1.82, 2.24) is 5.32 Å². The minimum absolute atomic E-state index is 0.0552. The fourth-order valence-corrected chi connectivity index (χ4v) is 2.73. The minimum atomic E-state index is -0.488. The number of hydrogen-bond donors (Lipinski definition) is 1. The Morgan fingerprint density at radius 1 is 1.43 bits per heavy atom. The van der Waals surface area contributed by atoms with Crippen LogP contribution in [0.5, 0.6) is 0 Å². The number of nitro benzene ring substituents is 1. The molecule has 1 aliphatic carbocycles. The third-order valence-electron chi connectivity index (χ3n) is 4.05. The lowest BCUT2D eigenvalue weighted by Gasteiger charge is -2.29. The summed E-state index contributed by atoms with van der Waals surface area (Å²) in [5, 5.41) is 17.5. The van der Waals surface area contributed by atoms with E-state index in [9.17, 15) is 14.9 Å². The quantitative estimate of drug-likeness (QED) is 0.495. The van der Waals surface area contributed by atoms with Gasteiger partial charge in [0.15, 0.2) is 6.61 Å². The molecule has 2 unspecified atom stereocenters. The second-order valence-electron chi connectivity index (χ2n) is 5.76. The Balaban J connectivity index is 1.80. The number of carbonyl (C=O) groups excluding carboxylic acids is 1. The van der Waals surface area contributed by atoms with Crippen molar-refractivity contribution in [2.45, 2.75) is 38.6 Å². The molecule has 0 aliphatic heterocycles. The summed E-state index contributed by atoms with van der Waals surface area (Å²) in [5.41, 5.74) is 0.277. The van der Waals surface area contributed by atoms with Crippen molar-refractivity contribution in [2.24, 2.45) is 11.1 Å². The number of oxime groups is 1. The highest BCUT2D eigenvalue weighted by Crippen LogP contribution is 2.23. The maximum Gasteiger partial charge on any atom is 0.278 e. The lowest BCUT2D eigenvalue weighted by atomic mass is 9.86. The van der Waals surface area contributed by atoms with E-state index in [1.807, 2.05) is 0 Å². The molecule has 1 aromatic rings. The summed E-state index contributed by atoms with van der Waals surface area (Å²) in [6, 6.07) is 6.40. The van der Waals surface area contributed by atoms with Gasteiger partial charge in [-0.3, -0.25) is 14.9 Å². The Morgan fingerprint density at radius 2 is 2.17 bits per heavy atom. The van der Waals surface area contributed by atoms with Crippen LogP contribution in [0.3, 0.4) is 0 Å². The van der Waals surface area contributed by atoms with Crippen LogP contribution in [0.2, 0.25) is 0 Å². The monoisotopic (exact) mass is 319 g/mol. The van der Waals surface area contributed by atoms with Gasteiger partial charge in [-0.25, -0.2) is 0 Å². The van der Waals surface area contributed by atoms with E-state index in [0.29, 0.717) is 11.5 Å². The average molecular weight is 319 g/mol. The van der Waals surface area contributed by atoms with Gasteiger partial charge < -0.3 is 10.2 Å². The second-order valence-corrected chi connectivity index (χ2v) is 5.76. The minimum Gasteiger partial charge on any atom is -0.386 e. The number of amides is 1. The van der Waals surface area contributed by atoms with E-state index in [-0.39, 0.29) is 24.2 Å². The maximum absolute atomic E-state index is 11.8. The lowest BCUT2D eigenvalue weighted by Crippen LogP contribution is -2.42. The van der Waals surface area contributed by atoms with Crippen molar-refractivity contribution < 1.29 is 14.6 Å². The predicted octanol–water partition coefficient (Wildman–Crippen LogP) is 2.64. The van der Waals surface area contributed by atoms with E-state index in [1.54, 1.807) is 18.2 Å².